The van der Waals surface area contributed by atoms with Gasteiger partial charge in [0.25, 0.3) is 0 Å². The molecule has 0 bridgehead atoms. The third-order valence-corrected chi connectivity index (χ3v) is 8.74. The number of carbonyl (C=O) groups is 3. The second kappa shape index (κ2) is 11.8. The molecule has 2 N–H and O–H groups in total. The number of methoxy groups -OCH3 is 2. The molecule has 2 saturated heterocycles. The fraction of sp³-hybridized carbons (Fsp3) is 0.519. The van der Waals surface area contributed by atoms with Crippen LogP contribution in [-0.4, -0.2) is 60.4 Å². The molecule has 1 aromatic rings. The summed E-state index contributed by atoms with van der Waals surface area (Å²) in [6.45, 7) is 4.08. The van der Waals surface area contributed by atoms with Crippen LogP contribution in [0.1, 0.15) is 51.5 Å². The monoisotopic (exact) mass is 637 g/mol. The highest BCUT2D eigenvalue weighted by Gasteiger charge is 2.58. The number of allylic oxidation sites excluding steroid dienone is 2. The van der Waals surface area contributed by atoms with Crippen LogP contribution in [0.25, 0.3) is 6.08 Å². The lowest BCUT2D eigenvalue weighted by Crippen LogP contribution is -2.46. The first kappa shape index (κ1) is 28.6. The molecule has 2 aliphatic heterocycles. The van der Waals surface area contributed by atoms with Gasteiger partial charge in [0.2, 0.25) is 11.8 Å². The van der Waals surface area contributed by atoms with E-state index in [-0.39, 0.29) is 18.0 Å². The quantitative estimate of drug-likeness (QED) is 0.193. The summed E-state index contributed by atoms with van der Waals surface area (Å²) in [5.74, 6) is -2.27. The zero-order valence-corrected chi connectivity index (χ0v) is 24.2. The average molecular weight is 637 g/mol. The second-order valence-electron chi connectivity index (χ2n) is 9.90. The molecule has 0 saturated carbocycles. The van der Waals surface area contributed by atoms with Crippen molar-refractivity contribution in [3.05, 3.63) is 38.0 Å². The molecule has 0 unspecified atom stereocenters. The number of phenols is 1. The van der Waals surface area contributed by atoms with Crippen LogP contribution in [-0.2, 0) is 19.0 Å². The van der Waals surface area contributed by atoms with Crippen molar-refractivity contribution in [2.45, 2.75) is 58.4 Å². The molecular weight excluding hydrogens is 604 g/mol. The van der Waals surface area contributed by atoms with Crippen LogP contribution >= 0.6 is 22.6 Å². The number of nitrogens with zero attached hydrogens (tertiary/aromatic N) is 1. The van der Waals surface area contributed by atoms with Gasteiger partial charge in [-0.15, -0.1) is 0 Å². The van der Waals surface area contributed by atoms with Crippen molar-refractivity contribution in [1.29, 1.82) is 0 Å². The Hall–Kier alpha value is -2.38. The van der Waals surface area contributed by atoms with Gasteiger partial charge in [-0.05, 0) is 90.2 Å². The predicted molar refractivity (Wildman–Crippen MR) is 149 cm³/mol. The van der Waals surface area contributed by atoms with Crippen molar-refractivity contribution in [3.63, 3.8) is 0 Å². The maximum absolute atomic E-state index is 13.3. The number of phenolic OH excluding ortho intramolecular Hbond substituents is 1. The standard InChI is InChI=1S/C27H33BINO8/c1-5-14(9-15-10-19(29)24(31)21(11-15)36-3)7-8-20-22-16(6-2)12-17-23(18(22)13-28(35)38-20)26(33)30(25(17)32)27(34)37-4/h9-11,17-18,20,23,31,35H,5-8,12-13H2,1-4H3/b14-9+/t17-,18+,20-,23-/m1/s1. The number of benzene rings is 1. The molecule has 4 rings (SSSR count). The van der Waals surface area contributed by atoms with Gasteiger partial charge in [0.15, 0.2) is 11.5 Å². The number of fused-ring (bicyclic) bond motifs is 3. The second-order valence-corrected chi connectivity index (χ2v) is 11.1. The predicted octanol–water partition coefficient (Wildman–Crippen LogP) is 4.55. The first-order valence-electron chi connectivity index (χ1n) is 12.9. The van der Waals surface area contributed by atoms with E-state index in [0.29, 0.717) is 39.9 Å². The van der Waals surface area contributed by atoms with Crippen molar-refractivity contribution in [3.8, 4) is 11.5 Å². The molecule has 4 atom stereocenters. The number of rotatable bonds is 7. The molecule has 3 amide bonds. The molecule has 0 radical (unpaired) electrons. The van der Waals surface area contributed by atoms with E-state index in [1.165, 1.54) is 7.11 Å². The summed E-state index contributed by atoms with van der Waals surface area (Å²) in [4.78, 5) is 39.1. The van der Waals surface area contributed by atoms with Crippen LogP contribution in [0, 0.1) is 21.3 Å². The van der Waals surface area contributed by atoms with Gasteiger partial charge in [-0.3, -0.25) is 9.59 Å². The van der Waals surface area contributed by atoms with Crippen molar-refractivity contribution in [2.24, 2.45) is 17.8 Å². The Morgan fingerprint density at radius 2 is 1.97 bits per heavy atom. The molecule has 2 heterocycles. The molecule has 11 heteroatoms. The average Bonchev–Trinajstić information content (AvgIpc) is 3.16. The first-order valence-corrected chi connectivity index (χ1v) is 14.0. The van der Waals surface area contributed by atoms with Gasteiger partial charge in [-0.2, -0.15) is 4.90 Å². The van der Waals surface area contributed by atoms with Crippen molar-refractivity contribution < 1.29 is 38.6 Å². The maximum atomic E-state index is 13.3. The summed E-state index contributed by atoms with van der Waals surface area (Å²) in [6.07, 6.45) is 4.07. The van der Waals surface area contributed by atoms with E-state index in [1.807, 2.05) is 13.0 Å². The normalized spacial score (nSPS) is 25.5. The molecule has 9 nitrogen and oxygen atoms in total. The third kappa shape index (κ3) is 5.24. The number of carbonyl (C=O) groups excluding carboxylic acids is 3. The van der Waals surface area contributed by atoms with E-state index < -0.39 is 43.0 Å². The number of aromatic hydroxyl groups is 1. The number of amides is 3. The summed E-state index contributed by atoms with van der Waals surface area (Å²) in [5.41, 5.74) is 4.12. The van der Waals surface area contributed by atoms with Gasteiger partial charge in [0.1, 0.15) is 0 Å². The van der Waals surface area contributed by atoms with Gasteiger partial charge in [-0.25, -0.2) is 4.79 Å². The van der Waals surface area contributed by atoms with Gasteiger partial charge >= 0.3 is 13.2 Å². The number of hydrogen-bond donors (Lipinski definition) is 2. The molecular formula is C27H33BINO8. The Labute approximate surface area is 236 Å². The summed E-state index contributed by atoms with van der Waals surface area (Å²) >= 11 is 2.07. The van der Waals surface area contributed by atoms with Crippen LogP contribution in [0.5, 0.6) is 11.5 Å². The fourth-order valence-electron chi connectivity index (χ4n) is 6.11. The van der Waals surface area contributed by atoms with E-state index in [0.717, 1.165) is 35.8 Å². The Morgan fingerprint density at radius 1 is 1.24 bits per heavy atom. The molecule has 38 heavy (non-hydrogen) atoms. The highest BCUT2D eigenvalue weighted by Crippen LogP contribution is 2.51. The van der Waals surface area contributed by atoms with Crippen molar-refractivity contribution >= 4 is 53.7 Å². The molecule has 204 valence electrons. The molecule has 1 aliphatic carbocycles. The summed E-state index contributed by atoms with van der Waals surface area (Å²) in [7, 11) is 1.59. The van der Waals surface area contributed by atoms with E-state index in [9.17, 15) is 24.5 Å². The Kier molecular flexibility index (Phi) is 8.88. The van der Waals surface area contributed by atoms with Crippen molar-refractivity contribution in [2.75, 3.05) is 14.2 Å². The number of imide groups is 3. The van der Waals surface area contributed by atoms with Gasteiger partial charge in [-0.1, -0.05) is 31.1 Å². The van der Waals surface area contributed by atoms with Crippen molar-refractivity contribution in [1.82, 2.24) is 4.90 Å². The molecule has 3 aliphatic rings. The molecule has 2 fully saturated rings. The number of halogens is 1. The number of ether oxygens (including phenoxy) is 2. The van der Waals surface area contributed by atoms with Crippen LogP contribution < -0.4 is 4.74 Å². The highest BCUT2D eigenvalue weighted by molar-refractivity contribution is 14.1. The minimum absolute atomic E-state index is 0.110. The summed E-state index contributed by atoms with van der Waals surface area (Å²) in [5, 5.41) is 20.8. The topological polar surface area (TPSA) is 123 Å². The van der Waals surface area contributed by atoms with Crippen LogP contribution in [0.4, 0.5) is 4.79 Å². The van der Waals surface area contributed by atoms with E-state index in [1.54, 1.807) is 6.07 Å². The lowest BCUT2D eigenvalue weighted by molar-refractivity contribution is -0.137. The molecule has 0 spiro atoms. The molecule has 1 aromatic carbocycles. The van der Waals surface area contributed by atoms with Crippen LogP contribution in [0.15, 0.2) is 28.9 Å². The van der Waals surface area contributed by atoms with Gasteiger partial charge in [0.05, 0.1) is 35.7 Å². The lowest BCUT2D eigenvalue weighted by atomic mass is 9.58. The first-order chi connectivity index (χ1) is 18.1. The summed E-state index contributed by atoms with van der Waals surface area (Å²) in [6, 6.07) is 3.68. The SMILES string of the molecule is CCC1=C2[C@@H](CC/C(=C/c3cc(I)c(O)c(OC)c3)CC)OB(O)C[C@@H]2[C@@H]2C(=O)N(C(=O)OC)C(=O)[C@@H]2C1. The minimum atomic E-state index is -1.07. The van der Waals surface area contributed by atoms with Crippen LogP contribution in [0.2, 0.25) is 6.32 Å². The Bertz CT molecular complexity index is 1200. The highest BCUT2D eigenvalue weighted by atomic mass is 127. The number of hydrogen-bond acceptors (Lipinski definition) is 8. The smallest absolute Gasteiger partial charge is 0.455 e. The largest absolute Gasteiger partial charge is 0.504 e. The van der Waals surface area contributed by atoms with E-state index in [4.69, 9.17) is 14.1 Å². The zero-order chi connectivity index (χ0) is 27.7. The van der Waals surface area contributed by atoms with Gasteiger partial charge < -0.3 is 24.3 Å². The van der Waals surface area contributed by atoms with E-state index >= 15 is 0 Å². The third-order valence-electron chi connectivity index (χ3n) is 7.92. The molecule has 0 aromatic heterocycles. The van der Waals surface area contributed by atoms with Gasteiger partial charge in [0, 0.05) is 0 Å². The fourth-order valence-corrected chi connectivity index (χ4v) is 6.74. The Morgan fingerprint density at radius 3 is 2.61 bits per heavy atom. The maximum Gasteiger partial charge on any atom is 0.455 e. The summed E-state index contributed by atoms with van der Waals surface area (Å²) < 4.78 is 16.7. The lowest BCUT2D eigenvalue weighted by Gasteiger charge is -2.43. The zero-order valence-electron chi connectivity index (χ0n) is 22.0. The van der Waals surface area contributed by atoms with E-state index in [2.05, 4.69) is 35.6 Å². The Balaban J connectivity index is 1.61. The van der Waals surface area contributed by atoms with Crippen LogP contribution in [0.3, 0.4) is 0 Å². The minimum Gasteiger partial charge on any atom is -0.504 e. The number of likely N-dealkylation sites (tertiary alicyclic amines) is 1.